The molecular formula is C44H26N2. The lowest BCUT2D eigenvalue weighted by Crippen LogP contribution is -1.95. The van der Waals surface area contributed by atoms with E-state index in [1.165, 1.54) is 98.3 Å². The van der Waals surface area contributed by atoms with E-state index in [4.69, 9.17) is 0 Å². The van der Waals surface area contributed by atoms with Crippen LogP contribution < -0.4 is 0 Å². The van der Waals surface area contributed by atoms with Crippen molar-refractivity contribution in [1.29, 1.82) is 0 Å². The van der Waals surface area contributed by atoms with Crippen LogP contribution in [0.5, 0.6) is 0 Å². The van der Waals surface area contributed by atoms with Gasteiger partial charge in [-0.05, 0) is 69.1 Å². The van der Waals surface area contributed by atoms with E-state index in [1.54, 1.807) is 0 Å². The average molecular weight is 583 g/mol. The molecule has 0 aliphatic carbocycles. The van der Waals surface area contributed by atoms with Gasteiger partial charge in [-0.25, -0.2) is 0 Å². The fourth-order valence-electron chi connectivity index (χ4n) is 8.25. The summed E-state index contributed by atoms with van der Waals surface area (Å²) in [6.07, 6.45) is 0. The molecule has 0 saturated heterocycles. The lowest BCUT2D eigenvalue weighted by molar-refractivity contribution is 1.20. The quantitative estimate of drug-likeness (QED) is 0.179. The maximum atomic E-state index is 2.50. The van der Waals surface area contributed by atoms with Gasteiger partial charge in [0.25, 0.3) is 0 Å². The molecule has 3 heterocycles. The Kier molecular flexibility index (Phi) is 4.61. The van der Waals surface area contributed by atoms with Crippen molar-refractivity contribution in [1.82, 2.24) is 8.97 Å². The van der Waals surface area contributed by atoms with Crippen LogP contribution in [-0.4, -0.2) is 8.97 Å². The summed E-state index contributed by atoms with van der Waals surface area (Å²) in [5.41, 5.74) is 9.91. The molecule has 0 atom stereocenters. The predicted octanol–water partition coefficient (Wildman–Crippen LogP) is 11.9. The molecule has 0 unspecified atom stereocenters. The van der Waals surface area contributed by atoms with Crippen molar-refractivity contribution < 1.29 is 0 Å². The van der Waals surface area contributed by atoms with Crippen molar-refractivity contribution in [2.75, 3.05) is 0 Å². The summed E-state index contributed by atoms with van der Waals surface area (Å²) in [7, 11) is 0. The largest absolute Gasteiger partial charge is 0.309 e. The van der Waals surface area contributed by atoms with Gasteiger partial charge in [-0.15, -0.1) is 0 Å². The van der Waals surface area contributed by atoms with Gasteiger partial charge in [-0.2, -0.15) is 0 Å². The summed E-state index contributed by atoms with van der Waals surface area (Å²) < 4.78 is 4.96. The molecule has 2 heteroatoms. The van der Waals surface area contributed by atoms with Gasteiger partial charge in [0.15, 0.2) is 0 Å². The molecule has 0 N–H and O–H groups in total. The van der Waals surface area contributed by atoms with E-state index in [0.717, 1.165) is 0 Å². The minimum Gasteiger partial charge on any atom is -0.309 e. The zero-order valence-corrected chi connectivity index (χ0v) is 24.9. The molecule has 46 heavy (non-hydrogen) atoms. The molecule has 11 aromatic rings. The lowest BCUT2D eigenvalue weighted by atomic mass is 9.97. The lowest BCUT2D eigenvalue weighted by Gasteiger charge is -2.12. The summed E-state index contributed by atoms with van der Waals surface area (Å²) in [6, 6.07) is 58.2. The van der Waals surface area contributed by atoms with Crippen molar-refractivity contribution in [3.8, 4) is 16.8 Å². The summed E-state index contributed by atoms with van der Waals surface area (Å²) in [5.74, 6) is 0. The Bertz CT molecular complexity index is 3030. The second-order valence-electron chi connectivity index (χ2n) is 12.5. The van der Waals surface area contributed by atoms with E-state index in [2.05, 4.69) is 167 Å². The van der Waals surface area contributed by atoms with Crippen LogP contribution in [0.25, 0.3) is 98.3 Å². The molecule has 8 aromatic carbocycles. The normalized spacial score (nSPS) is 12.3. The Morgan fingerprint density at radius 1 is 0.326 bits per heavy atom. The Balaban J connectivity index is 1.22. The number of aromatic nitrogens is 2. The van der Waals surface area contributed by atoms with Crippen LogP contribution in [0, 0.1) is 0 Å². The molecule has 0 radical (unpaired) electrons. The first-order valence-corrected chi connectivity index (χ1v) is 15.9. The third-order valence-electron chi connectivity index (χ3n) is 10.2. The highest BCUT2D eigenvalue weighted by Gasteiger charge is 2.21. The molecule has 0 amide bonds. The van der Waals surface area contributed by atoms with Crippen LogP contribution in [0.4, 0.5) is 0 Å². The smallest absolute Gasteiger partial charge is 0.0621 e. The second kappa shape index (κ2) is 8.74. The van der Waals surface area contributed by atoms with Gasteiger partial charge in [-0.1, -0.05) is 121 Å². The fourth-order valence-corrected chi connectivity index (χ4v) is 8.25. The van der Waals surface area contributed by atoms with Gasteiger partial charge in [0.2, 0.25) is 0 Å². The average Bonchev–Trinajstić information content (AvgIpc) is 3.76. The molecule has 3 aromatic heterocycles. The van der Waals surface area contributed by atoms with E-state index in [9.17, 15) is 0 Å². The number of rotatable bonds is 2. The van der Waals surface area contributed by atoms with Crippen LogP contribution in [0.3, 0.4) is 0 Å². The van der Waals surface area contributed by atoms with Crippen LogP contribution in [0.1, 0.15) is 0 Å². The molecule has 11 rings (SSSR count). The third kappa shape index (κ3) is 3.05. The van der Waals surface area contributed by atoms with Crippen molar-refractivity contribution >= 4 is 81.4 Å². The zero-order valence-electron chi connectivity index (χ0n) is 24.9. The Morgan fingerprint density at radius 3 is 1.80 bits per heavy atom. The van der Waals surface area contributed by atoms with Crippen LogP contribution in [0.15, 0.2) is 158 Å². The topological polar surface area (TPSA) is 9.34 Å². The molecule has 0 aliphatic rings. The van der Waals surface area contributed by atoms with Gasteiger partial charge in [0.1, 0.15) is 0 Å². The van der Waals surface area contributed by atoms with Crippen molar-refractivity contribution in [2.24, 2.45) is 0 Å². The van der Waals surface area contributed by atoms with Crippen molar-refractivity contribution in [3.63, 3.8) is 0 Å². The zero-order chi connectivity index (χ0) is 29.9. The van der Waals surface area contributed by atoms with Crippen molar-refractivity contribution in [2.45, 2.75) is 0 Å². The van der Waals surface area contributed by atoms with E-state index in [1.807, 2.05) is 0 Å². The molecule has 0 spiro atoms. The Labute approximate surface area is 264 Å². The van der Waals surface area contributed by atoms with Crippen LogP contribution >= 0.6 is 0 Å². The number of fused-ring (bicyclic) bond motifs is 12. The molecular weight excluding hydrogens is 556 g/mol. The number of para-hydroxylation sites is 3. The number of hydrogen-bond acceptors (Lipinski definition) is 0. The molecule has 0 bridgehead atoms. The summed E-state index contributed by atoms with van der Waals surface area (Å²) >= 11 is 0. The maximum Gasteiger partial charge on any atom is 0.0621 e. The number of benzene rings is 8. The van der Waals surface area contributed by atoms with Gasteiger partial charge < -0.3 is 8.97 Å². The van der Waals surface area contributed by atoms with E-state index < -0.39 is 0 Å². The summed E-state index contributed by atoms with van der Waals surface area (Å²) in [5, 5.41) is 12.9. The van der Waals surface area contributed by atoms with Gasteiger partial charge >= 0.3 is 0 Å². The highest BCUT2D eigenvalue weighted by atomic mass is 15.0. The second-order valence-corrected chi connectivity index (χ2v) is 12.5. The van der Waals surface area contributed by atoms with Crippen LogP contribution in [0.2, 0.25) is 0 Å². The number of hydrogen-bond donors (Lipinski definition) is 0. The first-order valence-electron chi connectivity index (χ1n) is 15.9. The minimum atomic E-state index is 1.21. The highest BCUT2D eigenvalue weighted by molar-refractivity contribution is 6.25. The van der Waals surface area contributed by atoms with E-state index in [0.29, 0.717) is 0 Å². The fraction of sp³-hybridized carbons (Fsp3) is 0. The molecule has 2 nitrogen and oxygen atoms in total. The van der Waals surface area contributed by atoms with Gasteiger partial charge in [-0.3, -0.25) is 0 Å². The Hall–Kier alpha value is -6.12. The van der Waals surface area contributed by atoms with E-state index >= 15 is 0 Å². The van der Waals surface area contributed by atoms with E-state index in [-0.39, 0.29) is 0 Å². The predicted molar refractivity (Wildman–Crippen MR) is 196 cm³/mol. The number of nitrogens with zero attached hydrogens (tertiary/aromatic N) is 2. The first kappa shape index (κ1) is 24.2. The monoisotopic (exact) mass is 582 g/mol. The summed E-state index contributed by atoms with van der Waals surface area (Å²) in [4.78, 5) is 0. The SMILES string of the molecule is c1ccc2c(c1)ccc1cc(-c3ccc4c5ccccc5n(-c5cccc6c5c5cccc7c8ccccc8n6c75)c4c3)ccc12. The molecule has 0 fully saturated rings. The molecule has 212 valence electrons. The van der Waals surface area contributed by atoms with Gasteiger partial charge in [0.05, 0.1) is 33.3 Å². The van der Waals surface area contributed by atoms with Gasteiger partial charge in [0, 0.05) is 32.3 Å². The maximum absolute atomic E-state index is 2.50. The first-order chi connectivity index (χ1) is 22.8. The summed E-state index contributed by atoms with van der Waals surface area (Å²) in [6.45, 7) is 0. The Morgan fingerprint density at radius 2 is 0.913 bits per heavy atom. The standard InChI is InChI=1S/C44H26N2/c1-2-10-31-27(9-1)19-20-30-25-28(21-23-32(30)31)29-22-24-35-33-11-3-5-15-38(33)45(42(35)26-29)40-17-8-18-41-43(40)37-14-7-13-36-34-12-4-6-16-39(34)46(41)44(36)37/h1-26H. The minimum absolute atomic E-state index is 1.21. The van der Waals surface area contributed by atoms with Crippen LogP contribution in [-0.2, 0) is 0 Å². The highest BCUT2D eigenvalue weighted by Crippen LogP contribution is 2.43. The molecule has 0 aliphatic heterocycles. The molecule has 0 saturated carbocycles. The third-order valence-corrected chi connectivity index (χ3v) is 10.2. The van der Waals surface area contributed by atoms with Crippen molar-refractivity contribution in [3.05, 3.63) is 158 Å².